The summed E-state index contributed by atoms with van der Waals surface area (Å²) in [5, 5.41) is 0. The van der Waals surface area contributed by atoms with E-state index in [2.05, 4.69) is 19.9 Å². The number of hydrogen-bond acceptors (Lipinski definition) is 6. The van der Waals surface area contributed by atoms with Gasteiger partial charge in [-0.3, -0.25) is 0 Å². The number of hydrogen-bond donors (Lipinski definition) is 0. The van der Waals surface area contributed by atoms with E-state index in [1.807, 2.05) is 12.1 Å². The molecule has 0 radical (unpaired) electrons. The summed E-state index contributed by atoms with van der Waals surface area (Å²) >= 11 is 0. The van der Waals surface area contributed by atoms with E-state index < -0.39 is 15.7 Å². The van der Waals surface area contributed by atoms with E-state index in [4.69, 9.17) is 0 Å². The summed E-state index contributed by atoms with van der Waals surface area (Å²) in [6, 6.07) is 9.79. The summed E-state index contributed by atoms with van der Waals surface area (Å²) in [7, 11) is -3.20. The van der Waals surface area contributed by atoms with Gasteiger partial charge in [0.15, 0.2) is 15.7 Å². The Bertz CT molecular complexity index is 1080. The molecule has 0 aliphatic carbocycles. The lowest BCUT2D eigenvalue weighted by Crippen LogP contribution is -2.31. The van der Waals surface area contributed by atoms with Crippen LogP contribution >= 0.6 is 0 Å². The third kappa shape index (κ3) is 3.66. The van der Waals surface area contributed by atoms with Crippen LogP contribution in [0, 0.1) is 5.82 Å². The Morgan fingerprint density at radius 3 is 2.48 bits per heavy atom. The first-order valence-electron chi connectivity index (χ1n) is 8.42. The molecule has 0 N–H and O–H groups in total. The molecule has 8 heteroatoms. The third-order valence-corrected chi connectivity index (χ3v) is 5.65. The Morgan fingerprint density at radius 1 is 1.04 bits per heavy atom. The van der Waals surface area contributed by atoms with Crippen LogP contribution in [0.1, 0.15) is 11.3 Å². The summed E-state index contributed by atoms with van der Waals surface area (Å²) in [5.41, 5.74) is 3.46. The number of nitrogens with zero attached hydrogens (tertiary/aromatic N) is 4. The molecule has 0 saturated carbocycles. The molecule has 0 spiro atoms. The minimum atomic E-state index is -3.20. The molecule has 0 bridgehead atoms. The second kappa shape index (κ2) is 6.70. The van der Waals surface area contributed by atoms with Crippen molar-refractivity contribution in [3.05, 3.63) is 65.9 Å². The Kier molecular flexibility index (Phi) is 4.35. The number of fused-ring (bicyclic) bond motifs is 1. The van der Waals surface area contributed by atoms with Crippen molar-refractivity contribution in [1.29, 1.82) is 0 Å². The maximum atomic E-state index is 13.0. The second-order valence-corrected chi connectivity index (χ2v) is 8.48. The van der Waals surface area contributed by atoms with Crippen LogP contribution in [0.15, 0.2) is 53.7 Å². The van der Waals surface area contributed by atoms with Gasteiger partial charge < -0.3 is 4.90 Å². The van der Waals surface area contributed by atoms with Gasteiger partial charge in [0.05, 0.1) is 16.8 Å². The summed E-state index contributed by atoms with van der Waals surface area (Å²) in [4.78, 5) is 15.4. The predicted molar refractivity (Wildman–Crippen MR) is 99.5 cm³/mol. The molecule has 27 heavy (non-hydrogen) atoms. The van der Waals surface area contributed by atoms with Gasteiger partial charge in [-0.25, -0.2) is 27.8 Å². The first kappa shape index (κ1) is 17.5. The fourth-order valence-corrected chi connectivity index (χ4v) is 3.70. The first-order valence-corrected chi connectivity index (χ1v) is 10.3. The number of rotatable bonds is 3. The van der Waals surface area contributed by atoms with Gasteiger partial charge in [-0.2, -0.15) is 0 Å². The molecular formula is C19H17FN4O2S. The van der Waals surface area contributed by atoms with Gasteiger partial charge in [0.2, 0.25) is 0 Å². The van der Waals surface area contributed by atoms with E-state index in [0.717, 1.165) is 36.1 Å². The van der Waals surface area contributed by atoms with Crippen molar-refractivity contribution in [3.8, 4) is 11.5 Å². The standard InChI is InChI=1S/C19H17FN4O2S/c1-27(25,26)16-5-3-15(4-6-16)24-9-8-17-13(12-24)10-22-19(23-17)18-7-2-14(20)11-21-18/h2-7,10-11H,8-9,12H2,1H3. The van der Waals surface area contributed by atoms with E-state index in [1.165, 1.54) is 12.3 Å². The molecule has 4 rings (SSSR count). The highest BCUT2D eigenvalue weighted by atomic mass is 32.2. The van der Waals surface area contributed by atoms with Crippen molar-refractivity contribution in [2.45, 2.75) is 17.9 Å². The zero-order valence-electron chi connectivity index (χ0n) is 14.6. The Morgan fingerprint density at radius 2 is 1.81 bits per heavy atom. The SMILES string of the molecule is CS(=O)(=O)c1ccc(N2CCc3nc(-c4ccc(F)cn4)ncc3C2)cc1. The smallest absolute Gasteiger partial charge is 0.178 e. The molecule has 3 heterocycles. The predicted octanol–water partition coefficient (Wildman–Crippen LogP) is 2.64. The summed E-state index contributed by atoms with van der Waals surface area (Å²) in [5.74, 6) is 0.0916. The Labute approximate surface area is 156 Å². The summed E-state index contributed by atoms with van der Waals surface area (Å²) in [6.45, 7) is 1.41. The van der Waals surface area contributed by atoms with E-state index in [1.54, 1.807) is 24.4 Å². The lowest BCUT2D eigenvalue weighted by molar-refractivity contribution is 0.602. The minimum Gasteiger partial charge on any atom is -0.367 e. The van der Waals surface area contributed by atoms with Crippen LogP contribution < -0.4 is 4.90 Å². The molecule has 3 aromatic rings. The van der Waals surface area contributed by atoms with E-state index in [0.29, 0.717) is 23.0 Å². The normalized spacial score (nSPS) is 14.1. The third-order valence-electron chi connectivity index (χ3n) is 4.52. The van der Waals surface area contributed by atoms with Gasteiger partial charge >= 0.3 is 0 Å². The number of aromatic nitrogens is 3. The van der Waals surface area contributed by atoms with Crippen LogP contribution in [0.25, 0.3) is 11.5 Å². The quantitative estimate of drug-likeness (QED) is 0.691. The van der Waals surface area contributed by atoms with Gasteiger partial charge in [-0.15, -0.1) is 0 Å². The van der Waals surface area contributed by atoms with Crippen LogP contribution in [0.4, 0.5) is 10.1 Å². The summed E-state index contributed by atoms with van der Waals surface area (Å²) < 4.78 is 36.2. The molecule has 2 aromatic heterocycles. The van der Waals surface area contributed by atoms with Crippen molar-refractivity contribution in [2.75, 3.05) is 17.7 Å². The van der Waals surface area contributed by atoms with Crippen molar-refractivity contribution >= 4 is 15.5 Å². The highest BCUT2D eigenvalue weighted by Gasteiger charge is 2.20. The maximum absolute atomic E-state index is 13.0. The van der Waals surface area contributed by atoms with Crippen molar-refractivity contribution in [2.24, 2.45) is 0 Å². The van der Waals surface area contributed by atoms with E-state index in [-0.39, 0.29) is 0 Å². The second-order valence-electron chi connectivity index (χ2n) is 6.46. The average Bonchev–Trinajstić information content (AvgIpc) is 2.67. The van der Waals surface area contributed by atoms with Crippen LogP contribution in [0.2, 0.25) is 0 Å². The number of pyridine rings is 1. The van der Waals surface area contributed by atoms with Crippen molar-refractivity contribution < 1.29 is 12.8 Å². The monoisotopic (exact) mass is 384 g/mol. The molecule has 0 unspecified atom stereocenters. The molecular weight excluding hydrogens is 367 g/mol. The Balaban J connectivity index is 1.56. The van der Waals surface area contributed by atoms with Gasteiger partial charge in [-0.1, -0.05) is 0 Å². The van der Waals surface area contributed by atoms with E-state index >= 15 is 0 Å². The van der Waals surface area contributed by atoms with Crippen molar-refractivity contribution in [1.82, 2.24) is 15.0 Å². The molecule has 0 amide bonds. The van der Waals surface area contributed by atoms with Gasteiger partial charge in [0, 0.05) is 43.2 Å². The number of anilines is 1. The molecule has 0 saturated heterocycles. The molecule has 1 aromatic carbocycles. The Hall–Kier alpha value is -2.87. The fourth-order valence-electron chi connectivity index (χ4n) is 3.07. The topological polar surface area (TPSA) is 76.1 Å². The molecule has 0 fully saturated rings. The van der Waals surface area contributed by atoms with Crippen LogP contribution in [0.5, 0.6) is 0 Å². The number of halogens is 1. The van der Waals surface area contributed by atoms with Crippen LogP contribution in [-0.2, 0) is 22.8 Å². The van der Waals surface area contributed by atoms with Crippen LogP contribution in [-0.4, -0.2) is 36.2 Å². The maximum Gasteiger partial charge on any atom is 0.178 e. The molecule has 0 atom stereocenters. The van der Waals surface area contributed by atoms with Gasteiger partial charge in [-0.05, 0) is 36.4 Å². The first-order chi connectivity index (χ1) is 12.9. The van der Waals surface area contributed by atoms with Crippen LogP contribution in [0.3, 0.4) is 0 Å². The molecule has 6 nitrogen and oxygen atoms in total. The summed E-state index contributed by atoms with van der Waals surface area (Å²) in [6.07, 6.45) is 4.86. The fraction of sp³-hybridized carbons (Fsp3) is 0.211. The number of benzene rings is 1. The highest BCUT2D eigenvalue weighted by molar-refractivity contribution is 7.90. The molecule has 1 aliphatic rings. The van der Waals surface area contributed by atoms with Gasteiger partial charge in [0.1, 0.15) is 11.5 Å². The molecule has 1 aliphatic heterocycles. The lowest BCUT2D eigenvalue weighted by Gasteiger charge is -2.30. The van der Waals surface area contributed by atoms with Crippen molar-refractivity contribution in [3.63, 3.8) is 0 Å². The zero-order chi connectivity index (χ0) is 19.0. The largest absolute Gasteiger partial charge is 0.367 e. The van der Waals surface area contributed by atoms with Gasteiger partial charge in [0.25, 0.3) is 0 Å². The van der Waals surface area contributed by atoms with E-state index in [9.17, 15) is 12.8 Å². The molecule has 138 valence electrons. The minimum absolute atomic E-state index is 0.309. The zero-order valence-corrected chi connectivity index (χ0v) is 15.4. The lowest BCUT2D eigenvalue weighted by atomic mass is 10.1. The highest BCUT2D eigenvalue weighted by Crippen LogP contribution is 2.25. The number of sulfone groups is 1. The average molecular weight is 384 g/mol.